The van der Waals surface area contributed by atoms with E-state index in [0.29, 0.717) is 5.88 Å². The molecule has 10 heavy (non-hydrogen) atoms. The minimum absolute atomic E-state index is 0.111. The van der Waals surface area contributed by atoms with Gasteiger partial charge in [-0.1, -0.05) is 0 Å². The van der Waals surface area contributed by atoms with Crippen molar-refractivity contribution >= 4 is 12.6 Å². The molecule has 0 aromatic carbocycles. The molecular weight excluding hydrogens is 148 g/mol. The molecule has 0 N–H and O–H groups in total. The smallest absolute Gasteiger partial charge is 0.267 e. The van der Waals surface area contributed by atoms with Crippen LogP contribution in [-0.4, -0.2) is 9.78 Å². The molecule has 4 heteroatoms. The van der Waals surface area contributed by atoms with E-state index in [9.17, 15) is 4.79 Å². The largest absolute Gasteiger partial charge is 0.268 e. The first-order valence-electron chi connectivity index (χ1n) is 2.89. The Kier molecular flexibility index (Phi) is 2.11. The van der Waals surface area contributed by atoms with Crippen LogP contribution in [0.4, 0.5) is 0 Å². The Morgan fingerprint density at radius 2 is 2.40 bits per heavy atom. The zero-order valence-corrected chi connectivity index (χ0v) is 6.51. The molecule has 0 aliphatic heterocycles. The molecule has 1 rings (SSSR count). The Labute approximate surface area is 64.1 Å². The summed E-state index contributed by atoms with van der Waals surface area (Å²) in [6.45, 7) is 1.83. The van der Waals surface area contributed by atoms with Crippen molar-refractivity contribution in [1.29, 1.82) is 0 Å². The van der Waals surface area contributed by atoms with Crippen LogP contribution in [0.5, 0.6) is 0 Å². The molecule has 0 aliphatic carbocycles. The van der Waals surface area contributed by atoms with Crippen LogP contribution in [0.15, 0.2) is 16.9 Å². The summed E-state index contributed by atoms with van der Waals surface area (Å²) in [5.41, 5.74) is 0.717. The van der Waals surface area contributed by atoms with Crippen molar-refractivity contribution in [2.24, 2.45) is 0 Å². The fourth-order valence-corrected chi connectivity index (χ4v) is 0.855. The van der Waals surface area contributed by atoms with Gasteiger partial charge in [-0.15, -0.1) is 0 Å². The van der Waals surface area contributed by atoms with E-state index in [1.807, 2.05) is 6.92 Å². The number of rotatable bonds is 1. The van der Waals surface area contributed by atoms with E-state index in [1.54, 1.807) is 6.07 Å². The third-order valence-electron chi connectivity index (χ3n) is 1.13. The Hall–Kier alpha value is -0.770. The molecular formula is C6H8N2OS. The van der Waals surface area contributed by atoms with E-state index in [2.05, 4.69) is 17.7 Å². The van der Waals surface area contributed by atoms with E-state index < -0.39 is 0 Å². The number of hydrogen-bond donors (Lipinski definition) is 1. The van der Waals surface area contributed by atoms with Crippen LogP contribution in [0, 0.1) is 6.92 Å². The minimum Gasteiger partial charge on any atom is -0.268 e. The van der Waals surface area contributed by atoms with Gasteiger partial charge in [0.1, 0.15) is 0 Å². The van der Waals surface area contributed by atoms with Crippen molar-refractivity contribution < 1.29 is 0 Å². The number of aryl methyl sites for hydroxylation is 1. The summed E-state index contributed by atoms with van der Waals surface area (Å²) in [6, 6.07) is 3.17. The van der Waals surface area contributed by atoms with Crippen LogP contribution in [0.2, 0.25) is 0 Å². The second-order valence-corrected chi connectivity index (χ2v) is 2.24. The SMILES string of the molecule is Cc1ccc(=O)n(CS)n1. The van der Waals surface area contributed by atoms with Gasteiger partial charge in [0, 0.05) is 6.07 Å². The maximum atomic E-state index is 10.9. The molecule has 1 aromatic rings. The monoisotopic (exact) mass is 156 g/mol. The first-order valence-corrected chi connectivity index (χ1v) is 3.53. The summed E-state index contributed by atoms with van der Waals surface area (Å²) in [6.07, 6.45) is 0. The maximum absolute atomic E-state index is 10.9. The number of hydrogen-bond acceptors (Lipinski definition) is 3. The summed E-state index contributed by atoms with van der Waals surface area (Å²) in [4.78, 5) is 10.9. The topological polar surface area (TPSA) is 34.9 Å². The first-order chi connectivity index (χ1) is 4.74. The van der Waals surface area contributed by atoms with Crippen molar-refractivity contribution in [3.8, 4) is 0 Å². The van der Waals surface area contributed by atoms with Gasteiger partial charge in [-0.3, -0.25) is 4.79 Å². The molecule has 54 valence electrons. The normalized spacial score (nSPS) is 9.80. The first kappa shape index (κ1) is 7.34. The standard InChI is InChI=1S/C6H8N2OS/c1-5-2-3-6(9)8(4-10)7-5/h2-3,10H,4H2,1H3. The average molecular weight is 156 g/mol. The van der Waals surface area contributed by atoms with E-state index in [0.717, 1.165) is 5.69 Å². The summed E-state index contributed by atoms with van der Waals surface area (Å²) < 4.78 is 1.30. The Morgan fingerprint density at radius 1 is 1.70 bits per heavy atom. The maximum Gasteiger partial charge on any atom is 0.267 e. The molecule has 0 saturated heterocycles. The number of aromatic nitrogens is 2. The third kappa shape index (κ3) is 1.39. The minimum atomic E-state index is -0.111. The third-order valence-corrected chi connectivity index (χ3v) is 1.40. The highest BCUT2D eigenvalue weighted by atomic mass is 32.1. The Balaban J connectivity index is 3.22. The van der Waals surface area contributed by atoms with E-state index in [4.69, 9.17) is 0 Å². The average Bonchev–Trinajstić information content (AvgIpc) is 1.94. The van der Waals surface area contributed by atoms with Crippen LogP contribution in [0.1, 0.15) is 5.69 Å². The van der Waals surface area contributed by atoms with Crippen molar-refractivity contribution in [2.45, 2.75) is 12.8 Å². The second-order valence-electron chi connectivity index (χ2n) is 1.95. The van der Waals surface area contributed by atoms with E-state index in [-0.39, 0.29) is 5.56 Å². The van der Waals surface area contributed by atoms with Crippen molar-refractivity contribution in [3.63, 3.8) is 0 Å². The van der Waals surface area contributed by atoms with Crippen molar-refractivity contribution in [3.05, 3.63) is 28.2 Å². The van der Waals surface area contributed by atoms with Gasteiger partial charge >= 0.3 is 0 Å². The van der Waals surface area contributed by atoms with E-state index >= 15 is 0 Å². The summed E-state index contributed by atoms with van der Waals surface area (Å²) >= 11 is 3.93. The van der Waals surface area contributed by atoms with Gasteiger partial charge in [0.25, 0.3) is 5.56 Å². The van der Waals surface area contributed by atoms with Gasteiger partial charge in [0.2, 0.25) is 0 Å². The molecule has 0 fully saturated rings. The molecule has 0 radical (unpaired) electrons. The predicted molar refractivity (Wildman–Crippen MR) is 42.2 cm³/mol. The van der Waals surface area contributed by atoms with E-state index in [1.165, 1.54) is 10.7 Å². The lowest BCUT2D eigenvalue weighted by atomic mass is 10.4. The molecule has 0 aliphatic rings. The molecule has 0 unspecified atom stereocenters. The lowest BCUT2D eigenvalue weighted by Crippen LogP contribution is -2.20. The highest BCUT2D eigenvalue weighted by Gasteiger charge is 1.92. The van der Waals surface area contributed by atoms with Crippen LogP contribution in [0.3, 0.4) is 0 Å². The lowest BCUT2D eigenvalue weighted by Gasteiger charge is -1.98. The van der Waals surface area contributed by atoms with Crippen LogP contribution in [-0.2, 0) is 5.88 Å². The van der Waals surface area contributed by atoms with Gasteiger partial charge in [0.05, 0.1) is 11.6 Å². The predicted octanol–water partition coefficient (Wildman–Crippen LogP) is 0.439. The van der Waals surface area contributed by atoms with Gasteiger partial charge in [-0.25, -0.2) is 4.68 Å². The van der Waals surface area contributed by atoms with Gasteiger partial charge in [0.15, 0.2) is 0 Å². The summed E-state index contributed by atoms with van der Waals surface area (Å²) in [5.74, 6) is 0.334. The molecule has 3 nitrogen and oxygen atoms in total. The lowest BCUT2D eigenvalue weighted by molar-refractivity contribution is 0.682. The fourth-order valence-electron chi connectivity index (χ4n) is 0.652. The molecule has 1 heterocycles. The highest BCUT2D eigenvalue weighted by molar-refractivity contribution is 7.79. The quantitative estimate of drug-likeness (QED) is 0.599. The van der Waals surface area contributed by atoms with Crippen LogP contribution in [0.25, 0.3) is 0 Å². The number of nitrogens with zero attached hydrogens (tertiary/aromatic N) is 2. The zero-order valence-electron chi connectivity index (χ0n) is 5.61. The summed E-state index contributed by atoms with van der Waals surface area (Å²) in [7, 11) is 0. The molecule has 0 atom stereocenters. The summed E-state index contributed by atoms with van der Waals surface area (Å²) in [5, 5.41) is 3.92. The zero-order chi connectivity index (χ0) is 7.56. The van der Waals surface area contributed by atoms with Gasteiger partial charge in [-0.2, -0.15) is 17.7 Å². The van der Waals surface area contributed by atoms with Crippen LogP contribution >= 0.6 is 12.6 Å². The molecule has 0 amide bonds. The fraction of sp³-hybridized carbons (Fsp3) is 0.333. The van der Waals surface area contributed by atoms with Gasteiger partial charge < -0.3 is 0 Å². The number of thiol groups is 1. The molecule has 1 aromatic heterocycles. The highest BCUT2D eigenvalue weighted by Crippen LogP contribution is 1.86. The van der Waals surface area contributed by atoms with Crippen molar-refractivity contribution in [2.75, 3.05) is 0 Å². The van der Waals surface area contributed by atoms with Crippen molar-refractivity contribution in [1.82, 2.24) is 9.78 Å². The van der Waals surface area contributed by atoms with Crippen LogP contribution < -0.4 is 5.56 Å². The molecule has 0 bridgehead atoms. The molecule has 0 spiro atoms. The Morgan fingerprint density at radius 3 is 2.90 bits per heavy atom. The Bertz CT molecular complexity index is 281. The second kappa shape index (κ2) is 2.88. The molecule has 0 saturated carbocycles. The van der Waals surface area contributed by atoms with Gasteiger partial charge in [-0.05, 0) is 13.0 Å².